The Morgan fingerprint density at radius 1 is 0.410 bits per heavy atom. The maximum absolute atomic E-state index is 3.15. The fourth-order valence-electron chi connectivity index (χ4n) is 15.3. The van der Waals surface area contributed by atoms with Crippen LogP contribution in [0.4, 0.5) is 0 Å². The zero-order valence-electron chi connectivity index (χ0n) is 39.6. The van der Waals surface area contributed by atoms with E-state index in [1.165, 1.54) is 218 Å². The fourth-order valence-corrected chi connectivity index (χ4v) is 15.3. The van der Waals surface area contributed by atoms with E-state index >= 15 is 0 Å². The molecule has 0 aromatic rings. The number of rotatable bonds is 8. The van der Waals surface area contributed by atoms with Crippen LogP contribution in [0.1, 0.15) is 231 Å². The predicted octanol–water partition coefficient (Wildman–Crippen LogP) is 17.3. The van der Waals surface area contributed by atoms with Crippen LogP contribution in [0.15, 0.2) is 48.1 Å². The second-order valence-electron chi connectivity index (χ2n) is 22.5. The van der Waals surface area contributed by atoms with Gasteiger partial charge in [0.05, 0.1) is 0 Å². The smallest absolute Gasteiger partial charge is 0.328 e. The molecule has 1 radical (unpaired) electrons. The molecule has 0 heterocycles. The van der Waals surface area contributed by atoms with E-state index in [0.29, 0.717) is 0 Å². The molecule has 0 aromatic carbocycles. The van der Waals surface area contributed by atoms with Crippen molar-refractivity contribution >= 4 is 0 Å². The third kappa shape index (κ3) is 14.7. The third-order valence-electron chi connectivity index (χ3n) is 18.9. The molecule has 10 aliphatic rings. The van der Waals surface area contributed by atoms with E-state index in [0.717, 1.165) is 71.4 Å². The summed E-state index contributed by atoms with van der Waals surface area (Å²) in [5.41, 5.74) is 1.85. The molecule has 0 aliphatic heterocycles. The summed E-state index contributed by atoms with van der Waals surface area (Å²) < 4.78 is 0. The van der Waals surface area contributed by atoms with Crippen molar-refractivity contribution in [1.29, 1.82) is 0 Å². The zero-order valence-corrected chi connectivity index (χ0v) is 43.8. The van der Waals surface area contributed by atoms with E-state index in [1.54, 1.807) is 12.8 Å². The normalized spacial score (nSPS) is 35.9. The molecule has 1 nitrogen and oxygen atoms in total. The van der Waals surface area contributed by atoms with E-state index in [-0.39, 0.29) is 31.1 Å². The van der Waals surface area contributed by atoms with Crippen molar-refractivity contribution in [3.05, 3.63) is 67.4 Å². The third-order valence-corrected chi connectivity index (χ3v) is 18.9. The maximum atomic E-state index is 3.15. The van der Waals surface area contributed by atoms with Crippen molar-refractivity contribution in [3.63, 3.8) is 0 Å². The topological polar surface area (TPSA) is 3.24 Å². The summed E-state index contributed by atoms with van der Waals surface area (Å²) in [6, 6.07) is 2.41. The molecule has 0 spiro atoms. The molecule has 0 N–H and O–H groups in total. The quantitative estimate of drug-likeness (QED) is 0.173. The first-order valence-electron chi connectivity index (χ1n) is 27.7. The molecular weight excluding hydrogens is 961 g/mol. The molecular formula is C59H94NU. The van der Waals surface area contributed by atoms with Crippen LogP contribution in [-0.2, 0) is 0 Å². The molecule has 6 atom stereocenters. The summed E-state index contributed by atoms with van der Waals surface area (Å²) in [4.78, 5) is 3.15. The Hall–Kier alpha value is -0.0281. The van der Waals surface area contributed by atoms with Crippen molar-refractivity contribution in [2.24, 2.45) is 53.3 Å². The van der Waals surface area contributed by atoms with E-state index < -0.39 is 0 Å². The van der Waals surface area contributed by atoms with Gasteiger partial charge < -0.3 is 19.3 Å². The Bertz CT molecular complexity index is 1290. The molecule has 0 amide bonds. The number of hydrogen-bond acceptors (Lipinski definition) is 1. The SMILES string of the molecule is C1=CCC(C2CCC(N(C3C=CC(C4CC[CH-]CC4)CC3)C3CCC(C4=CCCCC4)C3)CC2)CC1.C1=CC[C@@H](C2CC[CH-]CC2)CC1.[CH-]1CCC(C2CCCCC2)CC1.[U+3]. The predicted molar refractivity (Wildman–Crippen MR) is 259 cm³/mol. The second-order valence-corrected chi connectivity index (χ2v) is 22.5. The van der Waals surface area contributed by atoms with Crippen LogP contribution in [0, 0.1) is 104 Å². The average molecular weight is 1060 g/mol. The zero-order chi connectivity index (χ0) is 40.6. The monoisotopic (exact) mass is 1050 g/mol. The molecule has 0 saturated heterocycles. The summed E-state index contributed by atoms with van der Waals surface area (Å²) >= 11 is 0. The summed E-state index contributed by atoms with van der Waals surface area (Å²) in [6.45, 7) is 0. The number of allylic oxidation sites excluding steroid dienone is 7. The van der Waals surface area contributed by atoms with Gasteiger partial charge in [0.2, 0.25) is 0 Å². The Balaban J connectivity index is 0.000000182. The van der Waals surface area contributed by atoms with E-state index in [1.807, 2.05) is 5.57 Å². The molecule has 61 heavy (non-hydrogen) atoms. The molecule has 10 rings (SSSR count). The fraction of sp³-hybridized carbons (Fsp3) is 0.814. The minimum Gasteiger partial charge on any atom is -0.328 e. The van der Waals surface area contributed by atoms with Gasteiger partial charge >= 0.3 is 31.1 Å². The van der Waals surface area contributed by atoms with Gasteiger partial charge in [0.1, 0.15) is 0 Å². The molecule has 6 fully saturated rings. The largest absolute Gasteiger partial charge is 3.00 e. The van der Waals surface area contributed by atoms with Crippen LogP contribution in [0.3, 0.4) is 0 Å². The van der Waals surface area contributed by atoms with Gasteiger partial charge in [0.15, 0.2) is 0 Å². The summed E-state index contributed by atoms with van der Waals surface area (Å²) in [7, 11) is 0. The Labute approximate surface area is 403 Å². The molecule has 5 unspecified atom stereocenters. The minimum atomic E-state index is 0. The summed E-state index contributed by atoms with van der Waals surface area (Å²) in [5, 5.41) is 0. The van der Waals surface area contributed by atoms with Crippen molar-refractivity contribution < 1.29 is 31.1 Å². The molecule has 339 valence electrons. The first-order valence-corrected chi connectivity index (χ1v) is 27.7. The summed E-state index contributed by atoms with van der Waals surface area (Å²) in [6.07, 6.45) is 77.2. The van der Waals surface area contributed by atoms with Crippen molar-refractivity contribution in [2.45, 2.75) is 249 Å². The van der Waals surface area contributed by atoms with Crippen LogP contribution >= 0.6 is 0 Å². The number of hydrogen-bond donors (Lipinski definition) is 0. The molecule has 10 aliphatic carbocycles. The van der Waals surface area contributed by atoms with Crippen molar-refractivity contribution in [1.82, 2.24) is 4.90 Å². The van der Waals surface area contributed by atoms with Gasteiger partial charge in [-0.2, -0.15) is 38.5 Å². The molecule has 6 saturated carbocycles. The first kappa shape index (κ1) is 48.9. The van der Waals surface area contributed by atoms with Crippen LogP contribution in [0.5, 0.6) is 0 Å². The molecule has 0 aromatic heterocycles. The Morgan fingerprint density at radius 3 is 1.51 bits per heavy atom. The minimum absolute atomic E-state index is 0. The molecule has 0 bridgehead atoms. The standard InChI is InChI=1S/C35H54N.C12H21.C12H19.U/c1-4-10-27(11-5-1)30-16-21-33(22-17-30)36(35-25-20-32(26-35)29-14-8-3-9-15-29)34-23-18-31(19-24-34)28-12-6-2-7-13-28;2*1-3-7-11(8-4-1)12-9-5-2-6-10-12;/h1-2,4,14,18,23,27-28,30-35H,3,5-13,15-17,19-22,24-26H2;1,11-12H,2-10H2;1-3,11-12H,4-10H2;/q3*-1;+3/t;;11-;/m..1./s1. The van der Waals surface area contributed by atoms with Gasteiger partial charge in [-0.1, -0.05) is 119 Å². The van der Waals surface area contributed by atoms with Crippen molar-refractivity contribution in [3.8, 4) is 0 Å². The van der Waals surface area contributed by atoms with E-state index in [9.17, 15) is 0 Å². The Kier molecular flexibility index (Phi) is 21.6. The second kappa shape index (κ2) is 26.9. The van der Waals surface area contributed by atoms with Crippen molar-refractivity contribution in [2.75, 3.05) is 0 Å². The van der Waals surface area contributed by atoms with E-state index in [4.69, 9.17) is 0 Å². The average Bonchev–Trinajstić information content (AvgIpc) is 3.84. The van der Waals surface area contributed by atoms with Crippen LogP contribution in [0.25, 0.3) is 0 Å². The van der Waals surface area contributed by atoms with Crippen LogP contribution in [0.2, 0.25) is 0 Å². The van der Waals surface area contributed by atoms with Gasteiger partial charge in [0.25, 0.3) is 0 Å². The first-order chi connectivity index (χ1) is 29.8. The Morgan fingerprint density at radius 2 is 0.967 bits per heavy atom. The number of nitrogens with zero attached hydrogens (tertiary/aromatic N) is 1. The van der Waals surface area contributed by atoms with Gasteiger partial charge in [-0.05, 0) is 175 Å². The van der Waals surface area contributed by atoms with Gasteiger partial charge in [-0.3, -0.25) is 4.90 Å². The maximum Gasteiger partial charge on any atom is 3.00 e. The van der Waals surface area contributed by atoms with E-state index in [2.05, 4.69) is 66.7 Å². The van der Waals surface area contributed by atoms with Gasteiger partial charge in [0, 0.05) is 18.1 Å². The van der Waals surface area contributed by atoms with Crippen LogP contribution in [-0.4, -0.2) is 23.0 Å². The van der Waals surface area contributed by atoms with Gasteiger partial charge in [-0.25, -0.2) is 0 Å². The molecule has 2 heteroatoms. The van der Waals surface area contributed by atoms with Crippen LogP contribution < -0.4 is 0 Å². The summed E-state index contributed by atoms with van der Waals surface area (Å²) in [5.74, 6) is 9.05. The van der Waals surface area contributed by atoms with Gasteiger partial charge in [-0.15, -0.1) is 0 Å².